The van der Waals surface area contributed by atoms with Crippen LogP contribution in [0.2, 0.25) is 0 Å². The first-order chi connectivity index (χ1) is 7.97. The number of fused-ring (bicyclic) bond motifs is 1. The van der Waals surface area contributed by atoms with Crippen LogP contribution < -0.4 is 0 Å². The van der Waals surface area contributed by atoms with Gasteiger partial charge in [-0.1, -0.05) is 30.7 Å². The molecular weight excluding hydrogens is 210 g/mol. The Labute approximate surface area is 103 Å². The molecule has 2 nitrogen and oxygen atoms in total. The summed E-state index contributed by atoms with van der Waals surface area (Å²) >= 11 is 0. The zero-order chi connectivity index (χ0) is 12.7. The molecule has 0 bridgehead atoms. The first-order valence-electron chi connectivity index (χ1n) is 6.20. The summed E-state index contributed by atoms with van der Waals surface area (Å²) in [4.78, 5) is 0. The Morgan fingerprint density at radius 1 is 1.53 bits per heavy atom. The minimum absolute atomic E-state index is 0.656. The van der Waals surface area contributed by atoms with Gasteiger partial charge in [-0.25, -0.2) is 0 Å². The van der Waals surface area contributed by atoms with E-state index in [-0.39, 0.29) is 0 Å². The third-order valence-corrected chi connectivity index (χ3v) is 4.33. The molecule has 2 heteroatoms. The molecule has 1 aromatic rings. The SMILES string of the molecule is CCC(C)(C#N)C1(O)CCc2ccc(C)cc21. The van der Waals surface area contributed by atoms with Gasteiger partial charge in [-0.15, -0.1) is 0 Å². The van der Waals surface area contributed by atoms with E-state index in [1.807, 2.05) is 26.8 Å². The number of nitrogens with zero attached hydrogens (tertiary/aromatic N) is 1. The van der Waals surface area contributed by atoms with Crippen molar-refractivity contribution in [3.63, 3.8) is 0 Å². The van der Waals surface area contributed by atoms with E-state index in [9.17, 15) is 10.4 Å². The van der Waals surface area contributed by atoms with Gasteiger partial charge in [0.2, 0.25) is 0 Å². The van der Waals surface area contributed by atoms with Crippen molar-refractivity contribution in [3.8, 4) is 6.07 Å². The second-order valence-electron chi connectivity index (χ2n) is 5.32. The highest BCUT2D eigenvalue weighted by Crippen LogP contribution is 2.50. The molecule has 0 aromatic heterocycles. The molecule has 0 saturated carbocycles. The number of rotatable bonds is 2. The zero-order valence-electron chi connectivity index (χ0n) is 10.7. The molecule has 2 atom stereocenters. The Balaban J connectivity index is 2.58. The minimum Gasteiger partial charge on any atom is -0.383 e. The lowest BCUT2D eigenvalue weighted by Gasteiger charge is -2.37. The summed E-state index contributed by atoms with van der Waals surface area (Å²) in [6.45, 7) is 5.86. The van der Waals surface area contributed by atoms with Crippen LogP contribution in [0.5, 0.6) is 0 Å². The zero-order valence-corrected chi connectivity index (χ0v) is 10.7. The van der Waals surface area contributed by atoms with Gasteiger partial charge < -0.3 is 5.11 Å². The van der Waals surface area contributed by atoms with E-state index in [0.717, 1.165) is 17.5 Å². The predicted octanol–water partition coefficient (Wildman–Crippen LogP) is 3.07. The maximum absolute atomic E-state index is 11.0. The van der Waals surface area contributed by atoms with Crippen molar-refractivity contribution in [3.05, 3.63) is 34.9 Å². The number of aryl methyl sites for hydroxylation is 2. The third-order valence-electron chi connectivity index (χ3n) is 4.33. The Hall–Kier alpha value is -1.33. The second-order valence-corrected chi connectivity index (χ2v) is 5.32. The number of hydrogen-bond acceptors (Lipinski definition) is 2. The summed E-state index contributed by atoms with van der Waals surface area (Å²) in [6.07, 6.45) is 2.18. The molecule has 0 heterocycles. The molecule has 0 fully saturated rings. The van der Waals surface area contributed by atoms with Crippen molar-refractivity contribution >= 4 is 0 Å². The van der Waals surface area contributed by atoms with Gasteiger partial charge in [-0.05, 0) is 44.2 Å². The van der Waals surface area contributed by atoms with Crippen molar-refractivity contribution < 1.29 is 5.11 Å². The van der Waals surface area contributed by atoms with E-state index in [1.54, 1.807) is 0 Å². The highest BCUT2D eigenvalue weighted by atomic mass is 16.3. The van der Waals surface area contributed by atoms with E-state index >= 15 is 0 Å². The largest absolute Gasteiger partial charge is 0.383 e. The molecule has 2 unspecified atom stereocenters. The van der Waals surface area contributed by atoms with E-state index in [2.05, 4.69) is 18.2 Å². The highest BCUT2D eigenvalue weighted by molar-refractivity contribution is 5.42. The van der Waals surface area contributed by atoms with Crippen LogP contribution in [0, 0.1) is 23.7 Å². The van der Waals surface area contributed by atoms with E-state index < -0.39 is 11.0 Å². The van der Waals surface area contributed by atoms with Crippen LogP contribution in [0.25, 0.3) is 0 Å². The number of benzene rings is 1. The number of aliphatic hydroxyl groups is 1. The highest BCUT2D eigenvalue weighted by Gasteiger charge is 2.50. The predicted molar refractivity (Wildman–Crippen MR) is 67.4 cm³/mol. The summed E-state index contributed by atoms with van der Waals surface area (Å²) in [6, 6.07) is 8.51. The first kappa shape index (κ1) is 12.1. The summed E-state index contributed by atoms with van der Waals surface area (Å²) < 4.78 is 0. The van der Waals surface area contributed by atoms with Crippen molar-refractivity contribution in [2.75, 3.05) is 0 Å². The Bertz CT molecular complexity index is 488. The quantitative estimate of drug-likeness (QED) is 0.847. The monoisotopic (exact) mass is 229 g/mol. The maximum Gasteiger partial charge on any atom is 0.108 e. The molecule has 90 valence electrons. The smallest absolute Gasteiger partial charge is 0.108 e. The summed E-state index contributed by atoms with van der Waals surface area (Å²) in [5.41, 5.74) is 1.60. The van der Waals surface area contributed by atoms with Crippen molar-refractivity contribution in [1.82, 2.24) is 0 Å². The van der Waals surface area contributed by atoms with Gasteiger partial charge in [0.15, 0.2) is 0 Å². The number of hydrogen-bond donors (Lipinski definition) is 1. The Morgan fingerprint density at radius 3 is 2.82 bits per heavy atom. The summed E-state index contributed by atoms with van der Waals surface area (Å²) in [5.74, 6) is 0. The van der Waals surface area contributed by atoms with Gasteiger partial charge in [-0.3, -0.25) is 0 Å². The average Bonchev–Trinajstić information content (AvgIpc) is 2.67. The van der Waals surface area contributed by atoms with E-state index in [1.165, 1.54) is 5.56 Å². The first-order valence-corrected chi connectivity index (χ1v) is 6.20. The fourth-order valence-corrected chi connectivity index (χ4v) is 2.78. The lowest BCUT2D eigenvalue weighted by Crippen LogP contribution is -2.41. The molecule has 1 aliphatic carbocycles. The molecule has 1 aliphatic rings. The molecule has 0 saturated heterocycles. The molecule has 1 aromatic carbocycles. The Morgan fingerprint density at radius 2 is 2.24 bits per heavy atom. The topological polar surface area (TPSA) is 44.0 Å². The second kappa shape index (κ2) is 3.85. The van der Waals surface area contributed by atoms with Gasteiger partial charge in [-0.2, -0.15) is 5.26 Å². The average molecular weight is 229 g/mol. The molecular formula is C15H19NO. The normalized spacial score (nSPS) is 26.1. The molecule has 0 radical (unpaired) electrons. The molecule has 0 amide bonds. The summed E-state index contributed by atoms with van der Waals surface area (Å²) in [5, 5.41) is 20.4. The molecule has 2 rings (SSSR count). The molecule has 17 heavy (non-hydrogen) atoms. The van der Waals surface area contributed by atoms with Crippen LogP contribution in [0.1, 0.15) is 43.4 Å². The third kappa shape index (κ3) is 1.57. The standard InChI is InChI=1S/C15H19NO/c1-4-14(3,10-16)15(17)8-7-12-6-5-11(2)9-13(12)15/h5-6,9,17H,4,7-8H2,1-3H3. The van der Waals surface area contributed by atoms with Gasteiger partial charge in [0, 0.05) is 0 Å². The van der Waals surface area contributed by atoms with Gasteiger partial charge in [0.25, 0.3) is 0 Å². The number of nitriles is 1. The van der Waals surface area contributed by atoms with Gasteiger partial charge >= 0.3 is 0 Å². The van der Waals surface area contributed by atoms with Crippen LogP contribution in [0.4, 0.5) is 0 Å². The van der Waals surface area contributed by atoms with Crippen molar-refractivity contribution in [2.45, 2.75) is 45.6 Å². The fourth-order valence-electron chi connectivity index (χ4n) is 2.78. The van der Waals surface area contributed by atoms with Crippen molar-refractivity contribution in [1.29, 1.82) is 5.26 Å². The van der Waals surface area contributed by atoms with E-state index in [4.69, 9.17) is 0 Å². The molecule has 0 spiro atoms. The molecule has 0 aliphatic heterocycles. The summed E-state index contributed by atoms with van der Waals surface area (Å²) in [7, 11) is 0. The maximum atomic E-state index is 11.0. The molecule has 1 N–H and O–H groups in total. The van der Waals surface area contributed by atoms with Crippen LogP contribution in [-0.4, -0.2) is 5.11 Å². The lowest BCUT2D eigenvalue weighted by atomic mass is 9.69. The van der Waals surface area contributed by atoms with Crippen LogP contribution >= 0.6 is 0 Å². The van der Waals surface area contributed by atoms with Crippen molar-refractivity contribution in [2.24, 2.45) is 5.41 Å². The van der Waals surface area contributed by atoms with Gasteiger partial charge in [0.05, 0.1) is 11.5 Å². The minimum atomic E-state index is -0.988. The van der Waals surface area contributed by atoms with Crippen LogP contribution in [0.15, 0.2) is 18.2 Å². The van der Waals surface area contributed by atoms with Crippen LogP contribution in [0.3, 0.4) is 0 Å². The fraction of sp³-hybridized carbons (Fsp3) is 0.533. The van der Waals surface area contributed by atoms with Crippen LogP contribution in [-0.2, 0) is 12.0 Å². The lowest BCUT2D eigenvalue weighted by molar-refractivity contribution is -0.0535. The van der Waals surface area contributed by atoms with E-state index in [0.29, 0.717) is 12.8 Å². The van der Waals surface area contributed by atoms with Gasteiger partial charge in [0.1, 0.15) is 5.60 Å². The Kier molecular flexibility index (Phi) is 2.75.